The van der Waals surface area contributed by atoms with Crippen molar-refractivity contribution in [3.05, 3.63) is 41.1 Å². The van der Waals surface area contributed by atoms with Gasteiger partial charge >= 0.3 is 0 Å². The van der Waals surface area contributed by atoms with E-state index in [4.69, 9.17) is 14.5 Å². The third-order valence-electron chi connectivity index (χ3n) is 5.89. The van der Waals surface area contributed by atoms with Crippen molar-refractivity contribution in [1.82, 2.24) is 9.88 Å². The summed E-state index contributed by atoms with van der Waals surface area (Å²) in [5, 5.41) is 1.12. The van der Waals surface area contributed by atoms with Crippen LogP contribution < -0.4 is 0 Å². The Hall–Kier alpha value is -1.98. The highest BCUT2D eigenvalue weighted by molar-refractivity contribution is 5.86. The summed E-state index contributed by atoms with van der Waals surface area (Å²) in [6.07, 6.45) is 1.20. The molecule has 27 heavy (non-hydrogen) atoms. The molecule has 2 aromatic rings. The van der Waals surface area contributed by atoms with Crippen LogP contribution in [0.1, 0.15) is 37.1 Å². The first-order chi connectivity index (χ1) is 12.8. The summed E-state index contributed by atoms with van der Waals surface area (Å²) in [5.74, 6) is 0.144. The second-order valence-corrected chi connectivity index (χ2v) is 8.57. The molecule has 2 saturated heterocycles. The van der Waals surface area contributed by atoms with E-state index in [2.05, 4.69) is 26.8 Å². The van der Waals surface area contributed by atoms with Crippen LogP contribution in [-0.2, 0) is 20.7 Å². The maximum absolute atomic E-state index is 13.1. The summed E-state index contributed by atoms with van der Waals surface area (Å²) in [5.41, 5.74) is 3.57. The van der Waals surface area contributed by atoms with Crippen LogP contribution in [0.3, 0.4) is 0 Å². The maximum Gasteiger partial charge on any atom is 0.227 e. The number of carbonyl (C=O) groups is 1. The van der Waals surface area contributed by atoms with Crippen LogP contribution in [0.2, 0.25) is 0 Å². The van der Waals surface area contributed by atoms with Gasteiger partial charge in [0.1, 0.15) is 5.60 Å². The lowest BCUT2D eigenvalue weighted by molar-refractivity contribution is -0.149. The van der Waals surface area contributed by atoms with Gasteiger partial charge in [0.2, 0.25) is 5.91 Å². The molecule has 1 amide bonds. The number of nitrogens with zero attached hydrogens (tertiary/aromatic N) is 2. The molecule has 0 aliphatic carbocycles. The van der Waals surface area contributed by atoms with Gasteiger partial charge in [-0.3, -0.25) is 9.78 Å². The Labute approximate surface area is 160 Å². The molecule has 4 rings (SSSR count). The molecule has 0 saturated carbocycles. The van der Waals surface area contributed by atoms with E-state index < -0.39 is 0 Å². The van der Waals surface area contributed by atoms with Gasteiger partial charge in [0.15, 0.2) is 0 Å². The van der Waals surface area contributed by atoms with E-state index >= 15 is 0 Å². The molecular formula is C22H28N2O3. The molecule has 0 N–H and O–H groups in total. The fourth-order valence-electron chi connectivity index (χ4n) is 4.55. The molecule has 1 aromatic heterocycles. The van der Waals surface area contributed by atoms with Crippen molar-refractivity contribution in [3.8, 4) is 0 Å². The smallest absolute Gasteiger partial charge is 0.227 e. The fourth-order valence-corrected chi connectivity index (χ4v) is 4.55. The molecule has 2 aliphatic rings. The van der Waals surface area contributed by atoms with Crippen LogP contribution in [0.15, 0.2) is 24.3 Å². The minimum absolute atomic E-state index is 0.144. The molecule has 0 bridgehead atoms. The number of benzene rings is 1. The van der Waals surface area contributed by atoms with Crippen molar-refractivity contribution in [3.63, 3.8) is 0 Å². The van der Waals surface area contributed by atoms with Crippen molar-refractivity contribution in [2.45, 2.75) is 51.7 Å². The van der Waals surface area contributed by atoms with Crippen LogP contribution >= 0.6 is 0 Å². The first kappa shape index (κ1) is 18.4. The molecule has 1 unspecified atom stereocenters. The van der Waals surface area contributed by atoms with Gasteiger partial charge in [-0.15, -0.1) is 0 Å². The number of ether oxygens (including phenoxy) is 2. The molecule has 2 fully saturated rings. The number of morpholine rings is 1. The zero-order valence-electron chi connectivity index (χ0n) is 16.7. The highest BCUT2D eigenvalue weighted by Gasteiger charge is 2.48. The first-order valence-corrected chi connectivity index (χ1v) is 9.69. The Kier molecular flexibility index (Phi) is 4.47. The lowest BCUT2D eigenvalue weighted by atomic mass is 9.91. The van der Waals surface area contributed by atoms with Crippen molar-refractivity contribution < 1.29 is 14.3 Å². The van der Waals surface area contributed by atoms with Crippen molar-refractivity contribution in [2.75, 3.05) is 26.3 Å². The number of pyridine rings is 1. The number of carbonyl (C=O) groups excluding carboxylic acids is 1. The number of para-hydroxylation sites is 1. The minimum Gasteiger partial charge on any atom is -0.372 e. The summed E-state index contributed by atoms with van der Waals surface area (Å²) in [7, 11) is 0. The van der Waals surface area contributed by atoms with E-state index in [9.17, 15) is 4.79 Å². The number of hydrogen-bond acceptors (Lipinski definition) is 4. The molecule has 1 aromatic carbocycles. The lowest BCUT2D eigenvalue weighted by Crippen LogP contribution is -2.54. The zero-order valence-corrected chi connectivity index (χ0v) is 16.7. The second-order valence-electron chi connectivity index (χ2n) is 8.57. The molecule has 5 heteroatoms. The molecule has 1 spiro atoms. The summed E-state index contributed by atoms with van der Waals surface area (Å²) in [6, 6.07) is 8.12. The third kappa shape index (κ3) is 3.46. The minimum atomic E-state index is -0.358. The van der Waals surface area contributed by atoms with Crippen molar-refractivity contribution in [2.24, 2.45) is 0 Å². The number of aryl methyl sites for hydroxylation is 2. The SMILES string of the molecule is Cc1nc2ccccc2c(C)c1CC(=O)N1CCOC2(COC(C)(C)C2)C1. The van der Waals surface area contributed by atoms with Gasteiger partial charge in [-0.05, 0) is 44.9 Å². The largest absolute Gasteiger partial charge is 0.372 e. The van der Waals surface area contributed by atoms with Gasteiger partial charge in [0.05, 0.1) is 37.3 Å². The van der Waals surface area contributed by atoms with Crippen LogP contribution in [0.4, 0.5) is 0 Å². The number of aromatic nitrogens is 1. The van der Waals surface area contributed by atoms with Gasteiger partial charge in [-0.2, -0.15) is 0 Å². The standard InChI is InChI=1S/C22H28N2O3/c1-15-17-7-5-6-8-19(17)23-16(2)18(15)11-20(25)24-9-10-26-22(13-24)12-21(3,4)27-14-22/h5-8H,9-14H2,1-4H3. The average Bonchev–Trinajstić information content (AvgIpc) is 2.92. The van der Waals surface area contributed by atoms with E-state index in [1.54, 1.807) is 0 Å². The van der Waals surface area contributed by atoms with Crippen molar-refractivity contribution >= 4 is 16.8 Å². The molecule has 2 aliphatic heterocycles. The zero-order chi connectivity index (χ0) is 19.2. The van der Waals surface area contributed by atoms with E-state index in [0.29, 0.717) is 32.7 Å². The number of fused-ring (bicyclic) bond motifs is 1. The highest BCUT2D eigenvalue weighted by Crippen LogP contribution is 2.37. The summed E-state index contributed by atoms with van der Waals surface area (Å²) in [6.45, 7) is 10.6. The van der Waals surface area contributed by atoms with Crippen LogP contribution in [0, 0.1) is 13.8 Å². The summed E-state index contributed by atoms with van der Waals surface area (Å²) in [4.78, 5) is 19.8. The first-order valence-electron chi connectivity index (χ1n) is 9.69. The van der Waals surface area contributed by atoms with Gasteiger partial charge in [0.25, 0.3) is 0 Å². The van der Waals surface area contributed by atoms with E-state index in [-0.39, 0.29) is 17.1 Å². The number of rotatable bonds is 2. The highest BCUT2D eigenvalue weighted by atomic mass is 16.6. The molecule has 5 nitrogen and oxygen atoms in total. The van der Waals surface area contributed by atoms with Crippen LogP contribution in [-0.4, -0.2) is 53.3 Å². The Morgan fingerprint density at radius 2 is 2.00 bits per heavy atom. The molecule has 0 radical (unpaired) electrons. The number of amides is 1. The lowest BCUT2D eigenvalue weighted by Gasteiger charge is -2.40. The van der Waals surface area contributed by atoms with Crippen LogP contribution in [0.5, 0.6) is 0 Å². The Bertz CT molecular complexity index is 893. The topological polar surface area (TPSA) is 51.7 Å². The second kappa shape index (κ2) is 6.57. The predicted octanol–water partition coefficient (Wildman–Crippen LogP) is 3.19. The normalized spacial score (nSPS) is 24.7. The van der Waals surface area contributed by atoms with Gasteiger partial charge in [0, 0.05) is 24.0 Å². The van der Waals surface area contributed by atoms with E-state index in [1.807, 2.05) is 30.0 Å². The quantitative estimate of drug-likeness (QED) is 0.817. The molecule has 144 valence electrons. The summed E-state index contributed by atoms with van der Waals surface area (Å²) >= 11 is 0. The molecular weight excluding hydrogens is 340 g/mol. The van der Waals surface area contributed by atoms with E-state index in [0.717, 1.165) is 34.1 Å². The molecule has 1 atom stereocenters. The maximum atomic E-state index is 13.1. The fraction of sp³-hybridized carbons (Fsp3) is 0.545. The van der Waals surface area contributed by atoms with Gasteiger partial charge < -0.3 is 14.4 Å². The van der Waals surface area contributed by atoms with Gasteiger partial charge in [-0.1, -0.05) is 18.2 Å². The third-order valence-corrected chi connectivity index (χ3v) is 5.89. The van der Waals surface area contributed by atoms with Crippen LogP contribution in [0.25, 0.3) is 10.9 Å². The predicted molar refractivity (Wildman–Crippen MR) is 105 cm³/mol. The van der Waals surface area contributed by atoms with E-state index in [1.165, 1.54) is 0 Å². The monoisotopic (exact) mass is 368 g/mol. The molecule has 3 heterocycles. The number of hydrogen-bond donors (Lipinski definition) is 0. The Morgan fingerprint density at radius 1 is 1.22 bits per heavy atom. The Balaban J connectivity index is 1.55. The summed E-state index contributed by atoms with van der Waals surface area (Å²) < 4.78 is 12.0. The van der Waals surface area contributed by atoms with Crippen molar-refractivity contribution in [1.29, 1.82) is 0 Å². The van der Waals surface area contributed by atoms with Gasteiger partial charge in [-0.25, -0.2) is 0 Å². The average molecular weight is 368 g/mol. The Morgan fingerprint density at radius 3 is 2.74 bits per heavy atom.